The minimum absolute atomic E-state index is 0.00823. The summed E-state index contributed by atoms with van der Waals surface area (Å²) in [6.45, 7) is 23.5. The Morgan fingerprint density at radius 3 is 1.08 bits per heavy atom. The third-order valence-electron chi connectivity index (χ3n) is 22.4. The van der Waals surface area contributed by atoms with E-state index >= 15 is 0 Å². The number of hydrogen-bond acceptors (Lipinski definition) is 27. The zero-order chi connectivity index (χ0) is 90.4. The lowest BCUT2D eigenvalue weighted by Crippen LogP contribution is -2.48. The van der Waals surface area contributed by atoms with E-state index in [1.165, 1.54) is 46.7 Å². The molecule has 127 heavy (non-hydrogen) atoms. The first-order chi connectivity index (χ1) is 61.4. The van der Waals surface area contributed by atoms with Gasteiger partial charge in [-0.1, -0.05) is 89.3 Å². The third kappa shape index (κ3) is 20.9. The number of nitrogens with one attached hydrogen (secondary N) is 3. The second-order valence-electron chi connectivity index (χ2n) is 30.6. The summed E-state index contributed by atoms with van der Waals surface area (Å²) in [4.78, 5) is 93.2. The first kappa shape index (κ1) is 93.7. The van der Waals surface area contributed by atoms with E-state index in [4.69, 9.17) is 123 Å². The van der Waals surface area contributed by atoms with Gasteiger partial charge < -0.3 is 74.2 Å². The number of methoxy groups -OCH3 is 6. The minimum Gasteiger partial charge on any atom is -0.495 e. The molecule has 672 valence electrons. The van der Waals surface area contributed by atoms with Gasteiger partial charge in [0.1, 0.15) is 51.4 Å². The number of ether oxygens (including phenoxy) is 6. The highest BCUT2D eigenvalue weighted by Gasteiger charge is 2.31. The van der Waals surface area contributed by atoms with Gasteiger partial charge in [0.25, 0.3) is 0 Å². The van der Waals surface area contributed by atoms with Crippen LogP contribution in [0.25, 0.3) is 83.4 Å². The van der Waals surface area contributed by atoms with E-state index in [1.54, 1.807) is 63.0 Å². The number of aliphatic hydroxyl groups is 2. The number of benzene rings is 3. The lowest BCUT2D eigenvalue weighted by molar-refractivity contribution is -0.128. The second kappa shape index (κ2) is 42.8. The van der Waals surface area contributed by atoms with Gasteiger partial charge in [-0.05, 0) is 89.3 Å². The molecule has 0 spiro atoms. The number of rotatable bonds is 32. The normalized spacial score (nSPS) is 14.1. The predicted molar refractivity (Wildman–Crippen MR) is 498 cm³/mol. The van der Waals surface area contributed by atoms with Crippen LogP contribution in [0, 0.1) is 5.92 Å². The first-order valence-corrected chi connectivity index (χ1v) is 43.5. The second-order valence-corrected chi connectivity index (χ2v) is 32.8. The molecule has 12 heterocycles. The van der Waals surface area contributed by atoms with Gasteiger partial charge in [0, 0.05) is 236 Å². The van der Waals surface area contributed by atoms with E-state index in [9.17, 15) is 24.6 Å². The van der Waals surface area contributed by atoms with E-state index in [0.29, 0.717) is 209 Å². The van der Waals surface area contributed by atoms with Crippen molar-refractivity contribution in [1.29, 1.82) is 0 Å². The van der Waals surface area contributed by atoms with Crippen molar-refractivity contribution in [2.75, 3.05) is 204 Å². The van der Waals surface area contributed by atoms with E-state index in [1.807, 2.05) is 73.9 Å². The van der Waals surface area contributed by atoms with Crippen LogP contribution in [-0.4, -0.2) is 309 Å². The average Bonchev–Trinajstić information content (AvgIpc) is 1.66. The molecule has 3 amide bonds. The lowest BCUT2D eigenvalue weighted by atomic mass is 10.0. The Morgan fingerprint density at radius 2 is 0.756 bits per heavy atom. The molecular weight excluding hydrogens is 1750 g/mol. The van der Waals surface area contributed by atoms with Crippen molar-refractivity contribution in [3.05, 3.63) is 159 Å². The van der Waals surface area contributed by atoms with Gasteiger partial charge in [-0.2, -0.15) is 15.0 Å². The monoisotopic (exact) mass is 1850 g/mol. The van der Waals surface area contributed by atoms with E-state index in [-0.39, 0.29) is 36.9 Å². The van der Waals surface area contributed by atoms with Crippen molar-refractivity contribution >= 4 is 155 Å². The van der Waals surface area contributed by atoms with Gasteiger partial charge in [-0.3, -0.25) is 42.3 Å². The van der Waals surface area contributed by atoms with E-state index < -0.39 is 0 Å². The summed E-state index contributed by atoms with van der Waals surface area (Å²) in [5.74, 6) is 3.53. The fourth-order valence-corrected chi connectivity index (χ4v) is 17.6. The summed E-state index contributed by atoms with van der Waals surface area (Å²) in [7, 11) is 15.1. The number of carbonyl (C=O) groups excluding carboxylic acids is 3. The smallest absolute Gasteiger partial charge is 0.246 e. The molecule has 12 aromatic rings. The molecule has 15 rings (SSSR count). The highest BCUT2D eigenvalue weighted by molar-refractivity contribution is 6.43. The molecule has 3 aromatic carbocycles. The third-order valence-corrected chi connectivity index (χ3v) is 24.6. The number of piperazine rings is 3. The number of pyridine rings is 3. The number of anilines is 3. The summed E-state index contributed by atoms with van der Waals surface area (Å²) in [5, 5.41) is 32.7. The molecule has 3 aliphatic rings. The maximum atomic E-state index is 12.0. The molecule has 0 radical (unpaired) electrons. The Balaban J connectivity index is 0.000000164. The van der Waals surface area contributed by atoms with Crippen LogP contribution < -0.4 is 44.4 Å². The maximum Gasteiger partial charge on any atom is 0.246 e. The van der Waals surface area contributed by atoms with E-state index in [0.717, 1.165) is 117 Å². The molecule has 39 heteroatoms. The van der Waals surface area contributed by atoms with Crippen molar-refractivity contribution < 1.29 is 53.0 Å². The number of fused-ring (bicyclic) bond motifs is 9. The molecule has 3 aliphatic heterocycles. The van der Waals surface area contributed by atoms with Gasteiger partial charge >= 0.3 is 0 Å². The zero-order valence-corrected chi connectivity index (χ0v) is 76.7. The molecular formula is C88H102Cl6N22O11. The van der Waals surface area contributed by atoms with Crippen LogP contribution in [-0.2, 0) is 33.8 Å². The molecule has 0 bridgehead atoms. The quantitative estimate of drug-likeness (QED) is 0.0245. The Labute approximate surface area is 764 Å². The lowest BCUT2D eigenvalue weighted by Gasteiger charge is -2.34. The number of aliphatic hydroxyl groups excluding tert-OH is 2. The number of aromatic nitrogens is 12. The van der Waals surface area contributed by atoms with Gasteiger partial charge in [-0.15, -0.1) is 0 Å². The number of amides is 3. The molecule has 0 unspecified atom stereocenters. The van der Waals surface area contributed by atoms with Crippen LogP contribution in [0.15, 0.2) is 112 Å². The topological polar surface area (TPSA) is 335 Å². The molecule has 9 aromatic heterocycles. The van der Waals surface area contributed by atoms with Crippen molar-refractivity contribution in [2.24, 2.45) is 5.92 Å². The van der Waals surface area contributed by atoms with Crippen LogP contribution in [0.5, 0.6) is 34.5 Å². The first-order valence-electron chi connectivity index (χ1n) is 41.2. The van der Waals surface area contributed by atoms with E-state index in [2.05, 4.69) is 75.2 Å². The number of imidazole rings is 3. The number of hydrogen-bond donors (Lipinski definition) is 5. The summed E-state index contributed by atoms with van der Waals surface area (Å²) >= 11 is 41.0. The van der Waals surface area contributed by atoms with Gasteiger partial charge in [0.2, 0.25) is 35.6 Å². The van der Waals surface area contributed by atoms with Crippen LogP contribution in [0.1, 0.15) is 29.9 Å². The number of nitrogens with zero attached hydrogens (tertiary/aromatic N) is 19. The molecule has 5 N–H and O–H groups in total. The minimum atomic E-state index is -0.343. The summed E-state index contributed by atoms with van der Waals surface area (Å²) < 4.78 is 39.0. The zero-order valence-electron chi connectivity index (χ0n) is 72.2. The number of aryl methyl sites for hydroxylation is 2. The van der Waals surface area contributed by atoms with Gasteiger partial charge in [-0.25, -0.2) is 29.9 Å². The number of likely N-dealkylation sites (N-methyl/N-ethyl adjacent to an activating group) is 1. The van der Waals surface area contributed by atoms with Gasteiger partial charge in [0.15, 0.2) is 16.9 Å². The van der Waals surface area contributed by atoms with Gasteiger partial charge in [0.05, 0.1) is 89.9 Å². The summed E-state index contributed by atoms with van der Waals surface area (Å²) in [6.07, 6.45) is 18.5. The molecule has 0 aliphatic carbocycles. The summed E-state index contributed by atoms with van der Waals surface area (Å²) in [6, 6.07) is 10.7. The Bertz CT molecular complexity index is 5960. The largest absolute Gasteiger partial charge is 0.495 e. The van der Waals surface area contributed by atoms with Crippen LogP contribution in [0.4, 0.5) is 17.8 Å². The van der Waals surface area contributed by atoms with Crippen molar-refractivity contribution in [2.45, 2.75) is 32.2 Å². The predicted octanol–water partition coefficient (Wildman–Crippen LogP) is 12.2. The molecule has 3 fully saturated rings. The fourth-order valence-electron chi connectivity index (χ4n) is 15.5. The fraction of sp³-hybridized carbons (Fsp3) is 0.386. The number of halogens is 6. The Morgan fingerprint density at radius 1 is 0.441 bits per heavy atom. The van der Waals surface area contributed by atoms with Crippen molar-refractivity contribution in [3.8, 4) is 67.9 Å². The van der Waals surface area contributed by atoms with Crippen molar-refractivity contribution in [3.63, 3.8) is 0 Å². The number of carbonyl (C=O) groups is 3. The standard InChI is InChI=1S/C31H38Cl2N8O3.C31H37Cl2N7O5.C26H27Cl2N7O3/c1-6-25(42)40-14-12-39(13-15-40)10-7-8-21-19-41-29-20(18-35-31(37-29)34-9-11-38(2)3)16-22(30(41)36-21)26-27(32)23(43-4)17-24(44-5)28(26)33;1-4-25(43)39-10-8-38(9-11-39)7-5-6-21-16-40-29-20(15-35-31(37-29)34-14-19(17-41)18-42)12-22(30(40)36-21)26-27(32)23(44-2)13-24(45-3)28(26)33;1-5-20(36)34-8-6-33(7-9-34)13-16-14-35-24-15(12-30-26(29-2)32-24)10-17(25(35)31-16)21-22(27)18(37-3)11-19(38-4)23(21)28/h6,16-19H,1,7-15H2,2-5H3,(H,34,35,37);4,12-13,15-16,19,41-42H,1,5-11,14,17-18H2,2-3H3,(H,34,35,37);5,10-12,14H,1,6-9,13H2,2-4H3,(H,29,30,32). The summed E-state index contributed by atoms with van der Waals surface area (Å²) in [5.41, 5.74) is 10.2. The Hall–Kier alpha value is -10.9. The molecule has 0 atom stereocenters. The highest BCUT2D eigenvalue weighted by atomic mass is 35.5. The molecule has 3 saturated heterocycles. The SMILES string of the molecule is C=CC(=O)N1CCN(CCCc2cn3c(n2)c(-c2c(Cl)c(OC)cc(OC)c2Cl)cc2cnc(NCC(CO)CO)nc23)CC1.C=CC(=O)N1CCN(CCCc2cn3c(n2)c(-c2c(Cl)c(OC)cc(OC)c2Cl)cc2cnc(NCCN(C)C)nc23)CC1.C=CC(=O)N1CCN(Cc2cn3c(n2)c(-c2c(Cl)c(OC)cc(OC)c2Cl)cc2cnc(NC)nc23)CC1. The van der Waals surface area contributed by atoms with Crippen LogP contribution in [0.2, 0.25) is 30.1 Å². The van der Waals surface area contributed by atoms with Crippen LogP contribution in [0.3, 0.4) is 0 Å². The van der Waals surface area contributed by atoms with Crippen LogP contribution >= 0.6 is 69.6 Å². The molecule has 0 saturated carbocycles. The maximum absolute atomic E-state index is 12.0. The highest BCUT2D eigenvalue weighted by Crippen LogP contribution is 2.51. The molecule has 33 nitrogen and oxygen atoms in total. The van der Waals surface area contributed by atoms with Crippen molar-refractivity contribution in [1.82, 2.24) is 92.4 Å². The average molecular weight is 1860 g/mol. The Kier molecular flexibility index (Phi) is 31.6.